The zero-order valence-electron chi connectivity index (χ0n) is 19.2. The monoisotopic (exact) mass is 536 g/mol. The number of fused-ring (bicyclic) bond motifs is 1. The van der Waals surface area contributed by atoms with Crippen LogP contribution in [-0.2, 0) is 6.54 Å². The number of para-hydroxylation sites is 1. The predicted molar refractivity (Wildman–Crippen MR) is 142 cm³/mol. The second-order valence-electron chi connectivity index (χ2n) is 8.91. The van der Waals surface area contributed by atoms with Crippen LogP contribution in [-0.4, -0.2) is 74.6 Å². The number of hydrogen-bond acceptors (Lipinski definition) is 4. The minimum Gasteiger partial charge on any atom is -0.363 e. The molecule has 7 heteroatoms. The summed E-state index contributed by atoms with van der Waals surface area (Å²) < 4.78 is 0. The quantitative estimate of drug-likeness (QED) is 0.358. The van der Waals surface area contributed by atoms with E-state index in [4.69, 9.17) is 4.98 Å². The molecule has 1 atom stereocenters. The van der Waals surface area contributed by atoms with E-state index in [0.717, 1.165) is 42.8 Å². The Kier molecular flexibility index (Phi) is 8.77. The first-order chi connectivity index (χ1) is 14.6. The molecule has 1 aromatic carbocycles. The Morgan fingerprint density at radius 1 is 1.16 bits per heavy atom. The molecule has 3 heterocycles. The van der Waals surface area contributed by atoms with Crippen molar-refractivity contribution in [2.75, 3.05) is 58.8 Å². The maximum atomic E-state index is 4.78. The molecule has 0 amide bonds. The van der Waals surface area contributed by atoms with Crippen LogP contribution in [0.15, 0.2) is 35.3 Å². The van der Waals surface area contributed by atoms with Crippen molar-refractivity contribution in [3.05, 3.63) is 35.9 Å². The van der Waals surface area contributed by atoms with Gasteiger partial charge in [-0.05, 0) is 56.0 Å². The summed E-state index contributed by atoms with van der Waals surface area (Å²) in [5, 5.41) is 4.83. The van der Waals surface area contributed by atoms with Gasteiger partial charge in [0.05, 0.1) is 5.52 Å². The van der Waals surface area contributed by atoms with Crippen LogP contribution in [0.2, 0.25) is 0 Å². The first-order valence-corrected chi connectivity index (χ1v) is 11.4. The highest BCUT2D eigenvalue weighted by Gasteiger charge is 2.27. The highest BCUT2D eigenvalue weighted by molar-refractivity contribution is 14.0. The molecule has 2 aromatic rings. The van der Waals surface area contributed by atoms with Crippen molar-refractivity contribution < 1.29 is 0 Å². The molecule has 6 nitrogen and oxygen atoms in total. The number of guanidine groups is 1. The third-order valence-electron chi connectivity index (χ3n) is 6.45. The fourth-order valence-electron chi connectivity index (χ4n) is 4.80. The third kappa shape index (κ3) is 6.00. The molecule has 4 rings (SSSR count). The topological polar surface area (TPSA) is 47.0 Å². The number of aromatic nitrogens is 1. The third-order valence-corrected chi connectivity index (χ3v) is 6.45. The van der Waals surface area contributed by atoms with Crippen molar-refractivity contribution in [1.82, 2.24) is 20.1 Å². The second kappa shape index (κ2) is 11.3. The predicted octanol–water partition coefficient (Wildman–Crippen LogP) is 3.80. The maximum absolute atomic E-state index is 4.78. The van der Waals surface area contributed by atoms with E-state index in [1.54, 1.807) is 0 Å². The average molecular weight is 537 g/mol. The van der Waals surface area contributed by atoms with E-state index in [1.807, 2.05) is 21.1 Å². The molecule has 0 bridgehead atoms. The van der Waals surface area contributed by atoms with Gasteiger partial charge in [-0.25, -0.2) is 4.98 Å². The minimum absolute atomic E-state index is 0. The Morgan fingerprint density at radius 3 is 2.68 bits per heavy atom. The molecular formula is C24H37IN6. The Bertz CT molecular complexity index is 877. The molecule has 2 aliphatic rings. The van der Waals surface area contributed by atoms with Gasteiger partial charge in [0.2, 0.25) is 0 Å². The summed E-state index contributed by atoms with van der Waals surface area (Å²) in [6.07, 6.45) is 5.41. The van der Waals surface area contributed by atoms with Crippen LogP contribution in [0.25, 0.3) is 10.9 Å². The summed E-state index contributed by atoms with van der Waals surface area (Å²) in [4.78, 5) is 16.5. The number of nitrogens with zero attached hydrogens (tertiary/aromatic N) is 5. The molecule has 2 saturated heterocycles. The molecule has 1 unspecified atom stereocenters. The summed E-state index contributed by atoms with van der Waals surface area (Å²) in [5.74, 6) is 2.76. The lowest BCUT2D eigenvalue weighted by atomic mass is 10.1. The van der Waals surface area contributed by atoms with Gasteiger partial charge >= 0.3 is 0 Å². The Hall–Kier alpha value is -1.61. The SMILES string of the molecule is CN=C(NCc1cc(N(C)C)nc2ccccc12)N1CCC(CN2CCCCC2)C1.I. The second-order valence-corrected chi connectivity index (χ2v) is 8.91. The van der Waals surface area contributed by atoms with Gasteiger partial charge in [0.15, 0.2) is 5.96 Å². The van der Waals surface area contributed by atoms with E-state index in [0.29, 0.717) is 0 Å². The number of benzene rings is 1. The standard InChI is InChI=1S/C24H36N6.HI/c1-25-24(30-14-11-19(18-30)17-29-12-7-4-8-13-29)26-16-20-15-23(28(2)3)27-22-10-6-5-9-21(20)22;/h5-6,9-10,15,19H,4,7-8,11-14,16-18H2,1-3H3,(H,25,26);1H. The molecule has 0 radical (unpaired) electrons. The van der Waals surface area contributed by atoms with E-state index in [1.165, 1.54) is 56.3 Å². The number of nitrogens with one attached hydrogen (secondary N) is 1. The molecule has 0 spiro atoms. The fraction of sp³-hybridized carbons (Fsp3) is 0.583. The van der Waals surface area contributed by atoms with Crippen LogP contribution in [0.3, 0.4) is 0 Å². The van der Waals surface area contributed by atoms with Gasteiger partial charge in [0.1, 0.15) is 5.82 Å². The number of halogens is 1. The summed E-state index contributed by atoms with van der Waals surface area (Å²) in [6.45, 7) is 6.77. The van der Waals surface area contributed by atoms with Gasteiger partial charge in [0, 0.05) is 52.7 Å². The van der Waals surface area contributed by atoms with Crippen molar-refractivity contribution in [3.63, 3.8) is 0 Å². The zero-order valence-corrected chi connectivity index (χ0v) is 21.5. The van der Waals surface area contributed by atoms with Gasteiger partial charge in [-0.3, -0.25) is 4.99 Å². The maximum Gasteiger partial charge on any atom is 0.193 e. The summed E-state index contributed by atoms with van der Waals surface area (Å²) in [5.41, 5.74) is 2.30. The van der Waals surface area contributed by atoms with E-state index >= 15 is 0 Å². The number of aliphatic imine (C=N–C) groups is 1. The minimum atomic E-state index is 0. The molecule has 0 aliphatic carbocycles. The highest BCUT2D eigenvalue weighted by atomic mass is 127. The summed E-state index contributed by atoms with van der Waals surface area (Å²) in [7, 11) is 5.98. The lowest BCUT2D eigenvalue weighted by molar-refractivity contribution is 0.198. The number of rotatable bonds is 5. The first kappa shape index (κ1) is 24.0. The summed E-state index contributed by atoms with van der Waals surface area (Å²) >= 11 is 0. The molecule has 1 N–H and O–H groups in total. The Labute approximate surface area is 204 Å². The Morgan fingerprint density at radius 2 is 1.94 bits per heavy atom. The average Bonchev–Trinajstić information content (AvgIpc) is 3.22. The molecule has 31 heavy (non-hydrogen) atoms. The molecule has 2 aliphatic heterocycles. The van der Waals surface area contributed by atoms with Gasteiger partial charge < -0.3 is 20.0 Å². The van der Waals surface area contributed by atoms with Crippen LogP contribution in [0.4, 0.5) is 5.82 Å². The van der Waals surface area contributed by atoms with E-state index in [9.17, 15) is 0 Å². The number of anilines is 1. The van der Waals surface area contributed by atoms with Crippen molar-refractivity contribution >= 4 is 46.7 Å². The fourth-order valence-corrected chi connectivity index (χ4v) is 4.80. The van der Waals surface area contributed by atoms with Crippen LogP contribution in [0, 0.1) is 5.92 Å². The number of piperidine rings is 1. The van der Waals surface area contributed by atoms with Gasteiger partial charge in [-0.2, -0.15) is 0 Å². The van der Waals surface area contributed by atoms with Crippen molar-refractivity contribution in [2.24, 2.45) is 10.9 Å². The smallest absolute Gasteiger partial charge is 0.193 e. The molecule has 0 saturated carbocycles. The molecule has 1 aromatic heterocycles. The highest BCUT2D eigenvalue weighted by Crippen LogP contribution is 2.23. The van der Waals surface area contributed by atoms with Gasteiger partial charge in [-0.1, -0.05) is 24.6 Å². The largest absolute Gasteiger partial charge is 0.363 e. The molecule has 2 fully saturated rings. The number of likely N-dealkylation sites (tertiary alicyclic amines) is 2. The number of hydrogen-bond donors (Lipinski definition) is 1. The van der Waals surface area contributed by atoms with Crippen LogP contribution >= 0.6 is 24.0 Å². The lowest BCUT2D eigenvalue weighted by Crippen LogP contribution is -2.41. The van der Waals surface area contributed by atoms with E-state index in [-0.39, 0.29) is 24.0 Å². The lowest BCUT2D eigenvalue weighted by Gasteiger charge is -2.29. The normalized spacial score (nSPS) is 20.0. The van der Waals surface area contributed by atoms with Crippen molar-refractivity contribution in [3.8, 4) is 0 Å². The number of pyridine rings is 1. The van der Waals surface area contributed by atoms with Gasteiger partial charge in [-0.15, -0.1) is 24.0 Å². The summed E-state index contributed by atoms with van der Waals surface area (Å²) in [6, 6.07) is 10.6. The van der Waals surface area contributed by atoms with E-state index < -0.39 is 0 Å². The first-order valence-electron chi connectivity index (χ1n) is 11.4. The van der Waals surface area contributed by atoms with Crippen molar-refractivity contribution in [1.29, 1.82) is 0 Å². The Balaban J connectivity index is 0.00000272. The van der Waals surface area contributed by atoms with Crippen LogP contribution < -0.4 is 10.2 Å². The van der Waals surface area contributed by atoms with Crippen molar-refractivity contribution in [2.45, 2.75) is 32.2 Å². The zero-order chi connectivity index (χ0) is 20.9. The van der Waals surface area contributed by atoms with Crippen LogP contribution in [0.5, 0.6) is 0 Å². The van der Waals surface area contributed by atoms with E-state index in [2.05, 4.69) is 55.3 Å². The van der Waals surface area contributed by atoms with Gasteiger partial charge in [0.25, 0.3) is 0 Å². The molecule has 170 valence electrons. The van der Waals surface area contributed by atoms with Crippen LogP contribution in [0.1, 0.15) is 31.2 Å². The molecular weight excluding hydrogens is 499 g/mol.